The number of primary amides is 1. The molecule has 0 saturated heterocycles. The Bertz CT molecular complexity index is 693. The monoisotopic (exact) mass is 315 g/mol. The van der Waals surface area contributed by atoms with Gasteiger partial charge in [-0.2, -0.15) is 0 Å². The molecule has 2 amide bonds. The minimum Gasteiger partial charge on any atom is -0.480 e. The van der Waals surface area contributed by atoms with Crippen molar-refractivity contribution in [2.75, 3.05) is 0 Å². The summed E-state index contributed by atoms with van der Waals surface area (Å²) in [4.78, 5) is 34.0. The van der Waals surface area contributed by atoms with Crippen LogP contribution < -0.4 is 11.1 Å². The Morgan fingerprint density at radius 3 is 2.26 bits per heavy atom. The summed E-state index contributed by atoms with van der Waals surface area (Å²) in [6.07, 6.45) is 3.60. The fourth-order valence-electron chi connectivity index (χ4n) is 2.08. The van der Waals surface area contributed by atoms with Crippen LogP contribution in [0.15, 0.2) is 48.8 Å². The Labute approximate surface area is 132 Å². The standard InChI is InChI=1S/C16H17N3O4/c17-14(20)8-7-13(16(22)23)18-15(21)11-3-5-12(6-4-11)19-9-1-2-10-19/h1-6,9-10,13H,7-8H2,(H2,17,20)(H,18,21)(H,22,23). The van der Waals surface area contributed by atoms with Crippen molar-refractivity contribution in [3.8, 4) is 5.69 Å². The predicted molar refractivity (Wildman–Crippen MR) is 83.1 cm³/mol. The number of nitrogens with two attached hydrogens (primary N) is 1. The highest BCUT2D eigenvalue weighted by molar-refractivity contribution is 5.96. The van der Waals surface area contributed by atoms with Crippen molar-refractivity contribution >= 4 is 17.8 Å². The van der Waals surface area contributed by atoms with Crippen molar-refractivity contribution in [1.82, 2.24) is 9.88 Å². The van der Waals surface area contributed by atoms with Crippen molar-refractivity contribution < 1.29 is 19.5 Å². The van der Waals surface area contributed by atoms with Gasteiger partial charge in [-0.1, -0.05) is 0 Å². The van der Waals surface area contributed by atoms with E-state index in [1.54, 1.807) is 24.3 Å². The summed E-state index contributed by atoms with van der Waals surface area (Å²) in [5.41, 5.74) is 6.22. The minimum absolute atomic E-state index is 0.0438. The zero-order valence-corrected chi connectivity index (χ0v) is 12.3. The first-order chi connectivity index (χ1) is 11.0. The topological polar surface area (TPSA) is 114 Å². The van der Waals surface area contributed by atoms with Crippen LogP contribution in [-0.2, 0) is 9.59 Å². The van der Waals surface area contributed by atoms with Gasteiger partial charge in [-0.3, -0.25) is 9.59 Å². The van der Waals surface area contributed by atoms with Crippen LogP contribution in [0.25, 0.3) is 5.69 Å². The molecule has 0 spiro atoms. The van der Waals surface area contributed by atoms with Crippen LogP contribution in [0.5, 0.6) is 0 Å². The van der Waals surface area contributed by atoms with E-state index < -0.39 is 23.8 Å². The number of rotatable bonds is 7. The molecule has 7 nitrogen and oxygen atoms in total. The number of benzene rings is 1. The van der Waals surface area contributed by atoms with Crippen molar-refractivity contribution in [3.63, 3.8) is 0 Å². The number of aliphatic carboxylic acids is 1. The molecule has 1 aromatic heterocycles. The smallest absolute Gasteiger partial charge is 0.326 e. The lowest BCUT2D eigenvalue weighted by Gasteiger charge is -2.14. The van der Waals surface area contributed by atoms with Gasteiger partial charge < -0.3 is 20.7 Å². The van der Waals surface area contributed by atoms with Gasteiger partial charge in [0, 0.05) is 30.1 Å². The number of amides is 2. The summed E-state index contributed by atoms with van der Waals surface area (Å²) in [5.74, 6) is -2.33. The zero-order chi connectivity index (χ0) is 16.8. The Balaban J connectivity index is 2.04. The Morgan fingerprint density at radius 2 is 1.74 bits per heavy atom. The van der Waals surface area contributed by atoms with Gasteiger partial charge >= 0.3 is 5.97 Å². The second-order valence-corrected chi connectivity index (χ2v) is 5.01. The van der Waals surface area contributed by atoms with Gasteiger partial charge in [0.2, 0.25) is 5.91 Å². The van der Waals surface area contributed by atoms with E-state index in [9.17, 15) is 14.4 Å². The summed E-state index contributed by atoms with van der Waals surface area (Å²) >= 11 is 0. The molecule has 1 aromatic carbocycles. The second-order valence-electron chi connectivity index (χ2n) is 5.01. The lowest BCUT2D eigenvalue weighted by atomic mass is 10.1. The largest absolute Gasteiger partial charge is 0.480 e. The normalized spacial score (nSPS) is 11.7. The van der Waals surface area contributed by atoms with Crippen molar-refractivity contribution in [2.24, 2.45) is 5.73 Å². The lowest BCUT2D eigenvalue weighted by molar-refractivity contribution is -0.139. The molecule has 0 radical (unpaired) electrons. The third-order valence-electron chi connectivity index (χ3n) is 3.31. The molecule has 7 heteroatoms. The van der Waals surface area contributed by atoms with E-state index in [1.165, 1.54) is 0 Å². The fraction of sp³-hybridized carbons (Fsp3) is 0.188. The molecule has 2 aromatic rings. The maximum absolute atomic E-state index is 12.1. The Kier molecular flexibility index (Phi) is 5.14. The molecule has 0 fully saturated rings. The van der Waals surface area contributed by atoms with Gasteiger partial charge in [-0.15, -0.1) is 0 Å². The maximum atomic E-state index is 12.1. The van der Waals surface area contributed by atoms with Gasteiger partial charge in [0.1, 0.15) is 6.04 Å². The third-order valence-corrected chi connectivity index (χ3v) is 3.31. The van der Waals surface area contributed by atoms with Crippen LogP contribution >= 0.6 is 0 Å². The Hall–Kier alpha value is -3.09. The highest BCUT2D eigenvalue weighted by atomic mass is 16.4. The first kappa shape index (κ1) is 16.3. The average molecular weight is 315 g/mol. The van der Waals surface area contributed by atoms with Crippen molar-refractivity contribution in [2.45, 2.75) is 18.9 Å². The molecule has 1 heterocycles. The number of carbonyl (C=O) groups excluding carboxylic acids is 2. The molecule has 2 rings (SSSR count). The van der Waals surface area contributed by atoms with Crippen molar-refractivity contribution in [3.05, 3.63) is 54.4 Å². The van der Waals surface area contributed by atoms with E-state index in [4.69, 9.17) is 10.8 Å². The van der Waals surface area contributed by atoms with Crippen LogP contribution in [-0.4, -0.2) is 33.5 Å². The molecule has 0 saturated carbocycles. The third kappa shape index (κ3) is 4.44. The van der Waals surface area contributed by atoms with Crippen LogP contribution in [0, 0.1) is 0 Å². The zero-order valence-electron chi connectivity index (χ0n) is 12.3. The first-order valence-corrected chi connectivity index (χ1v) is 7.03. The molecule has 0 aliphatic heterocycles. The SMILES string of the molecule is NC(=O)CCC(NC(=O)c1ccc(-n2cccc2)cc1)C(=O)O. The van der Waals surface area contributed by atoms with E-state index in [0.29, 0.717) is 5.56 Å². The maximum Gasteiger partial charge on any atom is 0.326 e. The quantitative estimate of drug-likeness (QED) is 0.705. The molecule has 23 heavy (non-hydrogen) atoms. The predicted octanol–water partition coefficient (Wildman–Crippen LogP) is 0.926. The number of nitrogens with one attached hydrogen (secondary N) is 1. The van der Waals surface area contributed by atoms with E-state index in [-0.39, 0.29) is 12.8 Å². The number of nitrogens with zero attached hydrogens (tertiary/aromatic N) is 1. The number of carboxylic acid groups (broad SMARTS) is 1. The molecule has 4 N–H and O–H groups in total. The molecule has 0 aliphatic rings. The summed E-state index contributed by atoms with van der Waals surface area (Å²) < 4.78 is 1.88. The fourth-order valence-corrected chi connectivity index (χ4v) is 2.08. The molecular weight excluding hydrogens is 298 g/mol. The molecule has 1 unspecified atom stereocenters. The number of hydrogen-bond donors (Lipinski definition) is 3. The minimum atomic E-state index is -1.21. The van der Waals surface area contributed by atoms with Gasteiger partial charge in [-0.05, 0) is 42.8 Å². The van der Waals surface area contributed by atoms with Gasteiger partial charge in [0.25, 0.3) is 5.91 Å². The van der Waals surface area contributed by atoms with Gasteiger partial charge in [0.05, 0.1) is 0 Å². The van der Waals surface area contributed by atoms with E-state index in [2.05, 4.69) is 5.32 Å². The highest BCUT2D eigenvalue weighted by Gasteiger charge is 2.21. The van der Waals surface area contributed by atoms with Crippen LogP contribution in [0.3, 0.4) is 0 Å². The summed E-state index contributed by atoms with van der Waals surface area (Å²) in [6, 6.07) is 9.35. The van der Waals surface area contributed by atoms with Crippen molar-refractivity contribution in [1.29, 1.82) is 0 Å². The molecular formula is C16H17N3O4. The first-order valence-electron chi connectivity index (χ1n) is 7.03. The lowest BCUT2D eigenvalue weighted by Crippen LogP contribution is -2.41. The van der Waals surface area contributed by atoms with E-state index in [0.717, 1.165) is 5.69 Å². The van der Waals surface area contributed by atoms with Crippen LogP contribution in [0.1, 0.15) is 23.2 Å². The molecule has 0 aliphatic carbocycles. The molecule has 120 valence electrons. The summed E-state index contributed by atoms with van der Waals surface area (Å²) in [7, 11) is 0. The van der Waals surface area contributed by atoms with Crippen LogP contribution in [0.4, 0.5) is 0 Å². The van der Waals surface area contributed by atoms with Crippen LogP contribution in [0.2, 0.25) is 0 Å². The van der Waals surface area contributed by atoms with E-state index in [1.807, 2.05) is 29.1 Å². The highest BCUT2D eigenvalue weighted by Crippen LogP contribution is 2.10. The average Bonchev–Trinajstić information content (AvgIpc) is 3.05. The van der Waals surface area contributed by atoms with Gasteiger partial charge in [-0.25, -0.2) is 4.79 Å². The number of hydrogen-bond acceptors (Lipinski definition) is 3. The number of carbonyl (C=O) groups is 3. The second kappa shape index (κ2) is 7.26. The van der Waals surface area contributed by atoms with Gasteiger partial charge in [0.15, 0.2) is 0 Å². The molecule has 1 atom stereocenters. The number of carboxylic acids is 1. The van der Waals surface area contributed by atoms with E-state index >= 15 is 0 Å². The Morgan fingerprint density at radius 1 is 1.13 bits per heavy atom. The molecule has 0 bridgehead atoms. The number of aromatic nitrogens is 1. The summed E-state index contributed by atoms with van der Waals surface area (Å²) in [6.45, 7) is 0. The summed E-state index contributed by atoms with van der Waals surface area (Å²) in [5, 5.41) is 11.5.